The minimum absolute atomic E-state index is 0.0130. The van der Waals surface area contributed by atoms with Crippen molar-refractivity contribution in [2.24, 2.45) is 0 Å². The van der Waals surface area contributed by atoms with E-state index in [0.29, 0.717) is 16.6 Å². The number of carbonyl (C=O) groups is 1. The second-order valence-corrected chi connectivity index (χ2v) is 7.86. The molecule has 0 aliphatic carbocycles. The Morgan fingerprint density at radius 3 is 2.77 bits per heavy atom. The van der Waals surface area contributed by atoms with E-state index in [2.05, 4.69) is 36.3 Å². The van der Waals surface area contributed by atoms with Crippen LogP contribution in [0.15, 0.2) is 47.8 Å². The molecule has 1 amide bonds. The van der Waals surface area contributed by atoms with Crippen molar-refractivity contribution in [1.82, 2.24) is 14.6 Å². The Bertz CT molecular complexity index is 931. The van der Waals surface area contributed by atoms with Crippen molar-refractivity contribution in [2.45, 2.75) is 31.3 Å². The lowest BCUT2D eigenvalue weighted by atomic mass is 9.87. The lowest BCUT2D eigenvalue weighted by Gasteiger charge is -2.21. The highest BCUT2D eigenvalue weighted by Crippen LogP contribution is 2.31. The van der Waals surface area contributed by atoms with Gasteiger partial charge in [-0.1, -0.05) is 44.7 Å². The maximum atomic E-state index is 12.4. The number of nitrogens with one attached hydrogen (secondary N) is 1. The van der Waals surface area contributed by atoms with Crippen LogP contribution in [0, 0.1) is 0 Å². The van der Waals surface area contributed by atoms with Crippen LogP contribution in [0.2, 0.25) is 0 Å². The van der Waals surface area contributed by atoms with Crippen molar-refractivity contribution >= 4 is 29.0 Å². The first-order valence-electron chi connectivity index (χ1n) is 8.29. The summed E-state index contributed by atoms with van der Waals surface area (Å²) in [4.78, 5) is 12.4. The largest absolute Gasteiger partial charge is 0.495 e. The van der Waals surface area contributed by atoms with Crippen molar-refractivity contribution < 1.29 is 9.53 Å². The summed E-state index contributed by atoms with van der Waals surface area (Å²) in [7, 11) is 1.60. The summed E-state index contributed by atoms with van der Waals surface area (Å²) in [5.41, 5.74) is 2.55. The van der Waals surface area contributed by atoms with Gasteiger partial charge in [-0.2, -0.15) is 0 Å². The number of thioether (sulfide) groups is 1. The molecule has 26 heavy (non-hydrogen) atoms. The van der Waals surface area contributed by atoms with E-state index < -0.39 is 0 Å². The number of hydrogen-bond acceptors (Lipinski definition) is 5. The van der Waals surface area contributed by atoms with Crippen LogP contribution in [0.25, 0.3) is 5.65 Å². The van der Waals surface area contributed by atoms with Gasteiger partial charge in [0, 0.05) is 6.20 Å². The van der Waals surface area contributed by atoms with Gasteiger partial charge in [0.05, 0.1) is 18.6 Å². The quantitative estimate of drug-likeness (QED) is 0.693. The van der Waals surface area contributed by atoms with Crippen molar-refractivity contribution in [3.05, 3.63) is 48.2 Å². The van der Waals surface area contributed by atoms with Crippen molar-refractivity contribution in [1.29, 1.82) is 0 Å². The number of pyridine rings is 1. The summed E-state index contributed by atoms with van der Waals surface area (Å²) in [6.45, 7) is 6.39. The molecular formula is C19H22N4O2S. The maximum absolute atomic E-state index is 12.4. The average molecular weight is 370 g/mol. The molecule has 7 heteroatoms. The van der Waals surface area contributed by atoms with Crippen LogP contribution >= 0.6 is 11.8 Å². The molecule has 2 heterocycles. The first-order valence-corrected chi connectivity index (χ1v) is 9.28. The van der Waals surface area contributed by atoms with Crippen LogP contribution < -0.4 is 10.1 Å². The first kappa shape index (κ1) is 18.3. The Morgan fingerprint density at radius 1 is 1.23 bits per heavy atom. The van der Waals surface area contributed by atoms with E-state index in [0.717, 1.165) is 11.2 Å². The molecule has 0 unspecified atom stereocenters. The Hall–Kier alpha value is -2.54. The Balaban J connectivity index is 1.71. The topological polar surface area (TPSA) is 68.5 Å². The third kappa shape index (κ3) is 3.99. The van der Waals surface area contributed by atoms with Gasteiger partial charge in [0.15, 0.2) is 10.8 Å². The van der Waals surface area contributed by atoms with E-state index in [-0.39, 0.29) is 17.1 Å². The zero-order valence-corrected chi connectivity index (χ0v) is 16.1. The molecule has 0 bridgehead atoms. The molecule has 1 N–H and O–H groups in total. The van der Waals surface area contributed by atoms with Crippen molar-refractivity contribution in [3.63, 3.8) is 0 Å². The first-order chi connectivity index (χ1) is 12.4. The van der Waals surface area contributed by atoms with Crippen LogP contribution in [0.1, 0.15) is 26.3 Å². The normalized spacial score (nSPS) is 11.5. The van der Waals surface area contributed by atoms with E-state index in [1.165, 1.54) is 11.8 Å². The number of amides is 1. The van der Waals surface area contributed by atoms with Crippen LogP contribution in [-0.2, 0) is 10.2 Å². The highest BCUT2D eigenvalue weighted by Gasteiger charge is 2.17. The van der Waals surface area contributed by atoms with Crippen LogP contribution in [-0.4, -0.2) is 33.4 Å². The Labute approximate surface area is 157 Å². The van der Waals surface area contributed by atoms with Gasteiger partial charge in [0.2, 0.25) is 5.91 Å². The molecule has 6 nitrogen and oxygen atoms in total. The van der Waals surface area contributed by atoms with Crippen molar-refractivity contribution in [3.8, 4) is 5.75 Å². The molecule has 0 fully saturated rings. The van der Waals surface area contributed by atoms with Gasteiger partial charge < -0.3 is 10.1 Å². The minimum atomic E-state index is -0.118. The molecule has 0 radical (unpaired) electrons. The second kappa shape index (κ2) is 7.37. The smallest absolute Gasteiger partial charge is 0.234 e. The summed E-state index contributed by atoms with van der Waals surface area (Å²) in [6, 6.07) is 11.6. The number of rotatable bonds is 5. The molecule has 0 aliphatic heterocycles. The summed E-state index contributed by atoms with van der Waals surface area (Å²) in [6.07, 6.45) is 1.88. The molecule has 2 aromatic heterocycles. The minimum Gasteiger partial charge on any atom is -0.495 e. The molecule has 0 atom stereocenters. The molecule has 136 valence electrons. The van der Waals surface area contributed by atoms with Crippen LogP contribution in [0.5, 0.6) is 5.75 Å². The fourth-order valence-electron chi connectivity index (χ4n) is 2.51. The van der Waals surface area contributed by atoms with Crippen LogP contribution in [0.3, 0.4) is 0 Å². The van der Waals surface area contributed by atoms with Crippen LogP contribution in [0.4, 0.5) is 5.69 Å². The number of fused-ring (bicyclic) bond motifs is 1. The van der Waals surface area contributed by atoms with Gasteiger partial charge in [-0.05, 0) is 35.2 Å². The molecule has 0 saturated carbocycles. The fraction of sp³-hybridized carbons (Fsp3) is 0.316. The number of anilines is 1. The summed E-state index contributed by atoms with van der Waals surface area (Å²) in [5, 5.41) is 11.8. The predicted molar refractivity (Wildman–Crippen MR) is 104 cm³/mol. The fourth-order valence-corrected chi connectivity index (χ4v) is 3.23. The van der Waals surface area contributed by atoms with E-state index in [4.69, 9.17) is 4.74 Å². The van der Waals surface area contributed by atoms with Gasteiger partial charge >= 0.3 is 0 Å². The second-order valence-electron chi connectivity index (χ2n) is 6.91. The average Bonchev–Trinajstić information content (AvgIpc) is 3.02. The third-order valence-corrected chi connectivity index (χ3v) is 4.90. The SMILES string of the molecule is COc1ccc(C(C)(C)C)cc1NC(=O)CSc1nnc2ccccn12. The molecule has 0 spiro atoms. The lowest BCUT2D eigenvalue weighted by molar-refractivity contribution is -0.113. The number of carbonyl (C=O) groups excluding carboxylic acids is 1. The highest BCUT2D eigenvalue weighted by atomic mass is 32.2. The maximum Gasteiger partial charge on any atom is 0.234 e. The van der Waals surface area contributed by atoms with Crippen molar-refractivity contribution in [2.75, 3.05) is 18.2 Å². The van der Waals surface area contributed by atoms with Gasteiger partial charge in [-0.25, -0.2) is 0 Å². The van der Waals surface area contributed by atoms with E-state index >= 15 is 0 Å². The monoisotopic (exact) mass is 370 g/mol. The van der Waals surface area contributed by atoms with E-state index in [9.17, 15) is 4.79 Å². The van der Waals surface area contributed by atoms with Gasteiger partial charge in [0.1, 0.15) is 5.75 Å². The standard InChI is InChI=1S/C19H22N4O2S/c1-19(2,3)13-8-9-15(25-4)14(11-13)20-17(24)12-26-18-22-21-16-7-5-6-10-23(16)18/h5-11H,12H2,1-4H3,(H,20,24). The Morgan fingerprint density at radius 2 is 2.04 bits per heavy atom. The number of ether oxygens (including phenoxy) is 1. The van der Waals surface area contributed by atoms with Gasteiger partial charge in [0.25, 0.3) is 0 Å². The van der Waals surface area contributed by atoms with Gasteiger partial charge in [-0.15, -0.1) is 10.2 Å². The molecule has 3 aromatic rings. The zero-order chi connectivity index (χ0) is 18.7. The third-order valence-electron chi connectivity index (χ3n) is 3.95. The summed E-state index contributed by atoms with van der Waals surface area (Å²) < 4.78 is 7.23. The summed E-state index contributed by atoms with van der Waals surface area (Å²) in [5.74, 6) is 0.759. The molecular weight excluding hydrogens is 348 g/mol. The number of methoxy groups -OCH3 is 1. The number of hydrogen-bond donors (Lipinski definition) is 1. The molecule has 0 saturated heterocycles. The number of nitrogens with zero attached hydrogens (tertiary/aromatic N) is 3. The van der Waals surface area contributed by atoms with E-state index in [1.807, 2.05) is 47.0 Å². The van der Waals surface area contributed by atoms with Gasteiger partial charge in [-0.3, -0.25) is 9.20 Å². The number of benzene rings is 1. The predicted octanol–water partition coefficient (Wildman–Crippen LogP) is 3.77. The zero-order valence-electron chi connectivity index (χ0n) is 15.3. The summed E-state index contributed by atoms with van der Waals surface area (Å²) >= 11 is 1.34. The number of aromatic nitrogens is 3. The molecule has 0 aliphatic rings. The lowest BCUT2D eigenvalue weighted by Crippen LogP contribution is -2.17. The molecule has 3 rings (SSSR count). The molecule has 1 aromatic carbocycles. The Kier molecular flexibility index (Phi) is 5.18. The van der Waals surface area contributed by atoms with E-state index in [1.54, 1.807) is 7.11 Å². The highest BCUT2D eigenvalue weighted by molar-refractivity contribution is 7.99.